The zero-order valence-corrected chi connectivity index (χ0v) is 16.6. The van der Waals surface area contributed by atoms with Gasteiger partial charge in [0.25, 0.3) is 5.91 Å². The van der Waals surface area contributed by atoms with E-state index in [9.17, 15) is 13.2 Å². The summed E-state index contributed by atoms with van der Waals surface area (Å²) in [5, 5.41) is 0.124. The molecule has 2 rings (SSSR count). The molecule has 0 aliphatic carbocycles. The zero-order chi connectivity index (χ0) is 19.3. The van der Waals surface area contributed by atoms with E-state index < -0.39 is 10.0 Å². The molecular formula is C19H25ClN2O3S. The van der Waals surface area contributed by atoms with Crippen LogP contribution in [0.5, 0.6) is 0 Å². The van der Waals surface area contributed by atoms with Gasteiger partial charge in [-0.1, -0.05) is 30.7 Å². The van der Waals surface area contributed by atoms with E-state index in [-0.39, 0.29) is 21.4 Å². The van der Waals surface area contributed by atoms with Gasteiger partial charge < -0.3 is 4.90 Å². The molecule has 1 amide bonds. The number of hydrogen-bond donors (Lipinski definition) is 0. The number of amides is 1. The van der Waals surface area contributed by atoms with Crippen LogP contribution in [0.4, 0.5) is 0 Å². The Balaban J connectivity index is 2.38. The van der Waals surface area contributed by atoms with Crippen LogP contribution in [-0.4, -0.2) is 49.7 Å². The lowest BCUT2D eigenvalue weighted by atomic mass is 10.0. The Bertz CT molecular complexity index is 782. The van der Waals surface area contributed by atoms with Crippen LogP contribution < -0.4 is 0 Å². The normalized spacial score (nSPS) is 18.3. The summed E-state index contributed by atoms with van der Waals surface area (Å²) >= 11 is 6.18. The van der Waals surface area contributed by atoms with Crippen LogP contribution in [0.3, 0.4) is 0 Å². The van der Waals surface area contributed by atoms with Gasteiger partial charge in [-0.25, -0.2) is 8.42 Å². The molecule has 142 valence electrons. The van der Waals surface area contributed by atoms with Gasteiger partial charge in [0.05, 0.1) is 5.02 Å². The van der Waals surface area contributed by atoms with Gasteiger partial charge in [0.15, 0.2) is 0 Å². The molecule has 0 spiro atoms. The molecule has 1 heterocycles. The van der Waals surface area contributed by atoms with Gasteiger partial charge in [0.2, 0.25) is 10.0 Å². The second-order valence-corrected chi connectivity index (χ2v) is 8.86. The predicted molar refractivity (Wildman–Crippen MR) is 105 cm³/mol. The molecule has 1 unspecified atom stereocenters. The van der Waals surface area contributed by atoms with Crippen LogP contribution in [-0.2, 0) is 10.0 Å². The maximum atomic E-state index is 13.0. The molecule has 0 aromatic heterocycles. The van der Waals surface area contributed by atoms with Crippen molar-refractivity contribution in [2.75, 3.05) is 26.2 Å². The van der Waals surface area contributed by atoms with Gasteiger partial charge in [-0.05, 0) is 37.0 Å². The molecule has 1 atom stereocenters. The number of carbonyl (C=O) groups is 1. The number of sulfonamides is 1. The van der Waals surface area contributed by atoms with E-state index in [2.05, 4.69) is 13.2 Å². The minimum absolute atomic E-state index is 0.0173. The van der Waals surface area contributed by atoms with E-state index in [0.29, 0.717) is 32.1 Å². The number of hydrogen-bond acceptors (Lipinski definition) is 3. The molecule has 7 heteroatoms. The summed E-state index contributed by atoms with van der Waals surface area (Å²) in [5.41, 5.74) is 0.279. The lowest BCUT2D eigenvalue weighted by Crippen LogP contribution is -2.39. The van der Waals surface area contributed by atoms with Crippen LogP contribution >= 0.6 is 11.6 Å². The van der Waals surface area contributed by atoms with Crippen molar-refractivity contribution in [1.29, 1.82) is 0 Å². The second kappa shape index (κ2) is 8.84. The highest BCUT2D eigenvalue weighted by atomic mass is 35.5. The lowest BCUT2D eigenvalue weighted by Gasteiger charge is -2.30. The Morgan fingerprint density at radius 2 is 2.00 bits per heavy atom. The lowest BCUT2D eigenvalue weighted by molar-refractivity contribution is 0.0790. The van der Waals surface area contributed by atoms with Gasteiger partial charge in [-0.15, -0.1) is 13.2 Å². The molecule has 1 aliphatic rings. The molecule has 0 saturated carbocycles. The first kappa shape index (κ1) is 20.7. The van der Waals surface area contributed by atoms with Gasteiger partial charge >= 0.3 is 0 Å². The van der Waals surface area contributed by atoms with Crippen molar-refractivity contribution in [1.82, 2.24) is 9.21 Å². The highest BCUT2D eigenvalue weighted by molar-refractivity contribution is 7.89. The summed E-state index contributed by atoms with van der Waals surface area (Å²) in [4.78, 5) is 14.2. The molecule has 1 aromatic rings. The van der Waals surface area contributed by atoms with Gasteiger partial charge in [0.1, 0.15) is 4.90 Å². The third-order valence-electron chi connectivity index (χ3n) is 4.40. The summed E-state index contributed by atoms with van der Waals surface area (Å²) in [5.74, 6) is 0.0164. The average Bonchev–Trinajstić information content (AvgIpc) is 2.61. The van der Waals surface area contributed by atoms with Crippen LogP contribution in [0.1, 0.15) is 30.1 Å². The molecule has 26 heavy (non-hydrogen) atoms. The molecule has 1 saturated heterocycles. The monoisotopic (exact) mass is 396 g/mol. The Morgan fingerprint density at radius 1 is 1.35 bits per heavy atom. The zero-order valence-electron chi connectivity index (χ0n) is 15.0. The third-order valence-corrected chi connectivity index (χ3v) is 6.75. The largest absolute Gasteiger partial charge is 0.331 e. The first-order valence-corrected chi connectivity index (χ1v) is 10.4. The SMILES string of the molecule is C=CCN(CC=C)C(=O)c1ccc(Cl)c(S(=O)(=O)N2CCCC(C)C2)c1. The molecule has 5 nitrogen and oxygen atoms in total. The first-order valence-electron chi connectivity index (χ1n) is 8.62. The Labute approximate surface area is 161 Å². The van der Waals surface area contributed by atoms with E-state index in [1.165, 1.54) is 21.3 Å². The predicted octanol–water partition coefficient (Wildman–Crippen LogP) is 3.57. The fraction of sp³-hybridized carbons (Fsp3) is 0.421. The highest BCUT2D eigenvalue weighted by Crippen LogP contribution is 2.29. The van der Waals surface area contributed by atoms with Crippen molar-refractivity contribution in [2.24, 2.45) is 5.92 Å². The molecule has 1 fully saturated rings. The van der Waals surface area contributed by atoms with Crippen LogP contribution in [0.15, 0.2) is 48.4 Å². The van der Waals surface area contributed by atoms with Crippen molar-refractivity contribution < 1.29 is 13.2 Å². The van der Waals surface area contributed by atoms with Crippen molar-refractivity contribution in [3.63, 3.8) is 0 Å². The Morgan fingerprint density at radius 3 is 2.58 bits per heavy atom. The quantitative estimate of drug-likeness (QED) is 0.662. The van der Waals surface area contributed by atoms with Crippen molar-refractivity contribution >= 4 is 27.5 Å². The number of halogens is 1. The molecule has 0 bridgehead atoms. The minimum atomic E-state index is -3.74. The number of carbonyl (C=O) groups excluding carboxylic acids is 1. The van der Waals surface area contributed by atoms with Crippen LogP contribution in [0.25, 0.3) is 0 Å². The fourth-order valence-electron chi connectivity index (χ4n) is 3.07. The van der Waals surface area contributed by atoms with Crippen LogP contribution in [0.2, 0.25) is 5.02 Å². The number of nitrogens with zero attached hydrogens (tertiary/aromatic N) is 2. The number of benzene rings is 1. The van der Waals surface area contributed by atoms with E-state index in [4.69, 9.17) is 11.6 Å². The Hall–Kier alpha value is -1.63. The standard InChI is InChI=1S/C19H25ClN2O3S/c1-4-10-21(11-5-2)19(23)16-8-9-17(20)18(13-16)26(24,25)22-12-6-7-15(3)14-22/h4-5,8-9,13,15H,1-2,6-7,10-12,14H2,3H3. The topological polar surface area (TPSA) is 57.7 Å². The summed E-state index contributed by atoms with van der Waals surface area (Å²) in [6.45, 7) is 11.0. The van der Waals surface area contributed by atoms with Crippen LogP contribution in [0, 0.1) is 5.92 Å². The molecular weight excluding hydrogens is 372 g/mol. The molecule has 1 aromatic carbocycles. The van der Waals surface area contributed by atoms with Crippen molar-refractivity contribution in [3.8, 4) is 0 Å². The maximum absolute atomic E-state index is 13.0. The number of piperidine rings is 1. The summed E-state index contributed by atoms with van der Waals surface area (Å²) in [6.07, 6.45) is 5.06. The van der Waals surface area contributed by atoms with E-state index in [0.717, 1.165) is 12.8 Å². The Kier molecular flexibility index (Phi) is 7.03. The average molecular weight is 397 g/mol. The molecule has 0 radical (unpaired) electrons. The smallest absolute Gasteiger partial charge is 0.254 e. The van der Waals surface area contributed by atoms with E-state index in [1.807, 2.05) is 6.92 Å². The summed E-state index contributed by atoms with van der Waals surface area (Å²) in [6, 6.07) is 4.38. The second-order valence-electron chi connectivity index (χ2n) is 6.54. The van der Waals surface area contributed by atoms with Gasteiger partial charge in [-0.3, -0.25) is 4.79 Å². The highest BCUT2D eigenvalue weighted by Gasteiger charge is 2.31. The molecule has 1 aliphatic heterocycles. The summed E-state index contributed by atoms with van der Waals surface area (Å²) < 4.78 is 27.5. The van der Waals surface area contributed by atoms with E-state index >= 15 is 0 Å². The maximum Gasteiger partial charge on any atom is 0.254 e. The van der Waals surface area contributed by atoms with Gasteiger partial charge in [0, 0.05) is 31.7 Å². The van der Waals surface area contributed by atoms with Crippen molar-refractivity contribution in [3.05, 3.63) is 54.1 Å². The van der Waals surface area contributed by atoms with Crippen molar-refractivity contribution in [2.45, 2.75) is 24.7 Å². The third kappa shape index (κ3) is 4.55. The first-order chi connectivity index (χ1) is 12.3. The molecule has 0 N–H and O–H groups in total. The minimum Gasteiger partial charge on any atom is -0.331 e. The van der Waals surface area contributed by atoms with E-state index in [1.54, 1.807) is 18.2 Å². The fourth-order valence-corrected chi connectivity index (χ4v) is 5.17. The summed E-state index contributed by atoms with van der Waals surface area (Å²) in [7, 11) is -3.74. The van der Waals surface area contributed by atoms with Gasteiger partial charge in [-0.2, -0.15) is 4.31 Å². The number of rotatable bonds is 7.